The van der Waals surface area contributed by atoms with Gasteiger partial charge in [-0.05, 0) is 41.8 Å². The van der Waals surface area contributed by atoms with Gasteiger partial charge in [-0.2, -0.15) is 0 Å². The highest BCUT2D eigenvalue weighted by Crippen LogP contribution is 2.21. The second kappa shape index (κ2) is 9.82. The molecule has 0 aliphatic heterocycles. The van der Waals surface area contributed by atoms with Crippen LogP contribution >= 0.6 is 11.6 Å². The number of benzene rings is 2. The van der Waals surface area contributed by atoms with Gasteiger partial charge in [0.2, 0.25) is 5.91 Å². The molecule has 0 heterocycles. The number of ether oxygens (including phenoxy) is 2. The van der Waals surface area contributed by atoms with Crippen molar-refractivity contribution in [1.29, 1.82) is 0 Å². The van der Waals surface area contributed by atoms with Gasteiger partial charge in [0, 0.05) is 11.4 Å². The monoisotopic (exact) mass is 375 g/mol. The lowest BCUT2D eigenvalue weighted by molar-refractivity contribution is -0.141. The number of rotatable bonds is 8. The fourth-order valence-corrected chi connectivity index (χ4v) is 2.77. The summed E-state index contributed by atoms with van der Waals surface area (Å²) in [6, 6.07) is 14.2. The maximum Gasteiger partial charge on any atom is 0.307 e. The SMILES string of the molecule is COC(=O)CC(NC(=O)CCc1cccc(Cl)c1)c1ccc(OC)cc1. The van der Waals surface area contributed by atoms with Crippen molar-refractivity contribution in [3.63, 3.8) is 0 Å². The molecule has 0 aliphatic rings. The molecular formula is C20H22ClNO4. The first kappa shape index (κ1) is 19.8. The summed E-state index contributed by atoms with van der Waals surface area (Å²) in [5.41, 5.74) is 1.80. The van der Waals surface area contributed by atoms with Gasteiger partial charge in [0.25, 0.3) is 0 Å². The molecule has 26 heavy (non-hydrogen) atoms. The van der Waals surface area contributed by atoms with E-state index in [2.05, 4.69) is 5.32 Å². The Kier molecular flexibility index (Phi) is 7.48. The van der Waals surface area contributed by atoms with E-state index in [1.165, 1.54) is 7.11 Å². The fourth-order valence-electron chi connectivity index (χ4n) is 2.56. The van der Waals surface area contributed by atoms with Gasteiger partial charge in [0.1, 0.15) is 5.75 Å². The maximum absolute atomic E-state index is 12.4. The molecule has 2 rings (SSSR count). The van der Waals surface area contributed by atoms with Crippen LogP contribution in [0.2, 0.25) is 5.02 Å². The van der Waals surface area contributed by atoms with Crippen molar-refractivity contribution in [2.24, 2.45) is 0 Å². The fraction of sp³-hybridized carbons (Fsp3) is 0.300. The Balaban J connectivity index is 2.02. The van der Waals surface area contributed by atoms with Crippen LogP contribution in [0.25, 0.3) is 0 Å². The number of hydrogen-bond donors (Lipinski definition) is 1. The zero-order valence-corrected chi connectivity index (χ0v) is 15.6. The van der Waals surface area contributed by atoms with Crippen LogP contribution in [-0.4, -0.2) is 26.1 Å². The van der Waals surface area contributed by atoms with E-state index in [-0.39, 0.29) is 18.3 Å². The third-order valence-corrected chi connectivity index (χ3v) is 4.22. The lowest BCUT2D eigenvalue weighted by atomic mass is 10.0. The Morgan fingerprint density at radius 2 is 1.85 bits per heavy atom. The summed E-state index contributed by atoms with van der Waals surface area (Å²) >= 11 is 5.96. The summed E-state index contributed by atoms with van der Waals surface area (Å²) in [6.07, 6.45) is 0.930. The Bertz CT molecular complexity index is 746. The van der Waals surface area contributed by atoms with Crippen LogP contribution in [0.5, 0.6) is 5.75 Å². The van der Waals surface area contributed by atoms with Crippen molar-refractivity contribution < 1.29 is 19.1 Å². The molecule has 0 saturated heterocycles. The van der Waals surface area contributed by atoms with E-state index in [1.807, 2.05) is 30.3 Å². The van der Waals surface area contributed by atoms with E-state index >= 15 is 0 Å². The number of amides is 1. The highest BCUT2D eigenvalue weighted by molar-refractivity contribution is 6.30. The van der Waals surface area contributed by atoms with Crippen LogP contribution in [0.3, 0.4) is 0 Å². The van der Waals surface area contributed by atoms with Crippen molar-refractivity contribution in [1.82, 2.24) is 5.32 Å². The molecule has 2 aromatic carbocycles. The Morgan fingerprint density at radius 3 is 2.46 bits per heavy atom. The normalized spacial score (nSPS) is 11.5. The van der Waals surface area contributed by atoms with Crippen molar-refractivity contribution in [2.45, 2.75) is 25.3 Å². The summed E-state index contributed by atoms with van der Waals surface area (Å²) in [7, 11) is 2.91. The van der Waals surface area contributed by atoms with E-state index in [1.54, 1.807) is 25.3 Å². The lowest BCUT2D eigenvalue weighted by Crippen LogP contribution is -2.30. The number of methoxy groups -OCH3 is 2. The number of carbonyl (C=O) groups excluding carboxylic acids is 2. The van der Waals surface area contributed by atoms with E-state index in [0.717, 1.165) is 11.1 Å². The summed E-state index contributed by atoms with van der Waals surface area (Å²) in [5.74, 6) is 0.175. The number of carbonyl (C=O) groups is 2. The number of hydrogen-bond acceptors (Lipinski definition) is 4. The molecule has 1 amide bonds. The van der Waals surface area contributed by atoms with Crippen LogP contribution in [0.1, 0.15) is 30.0 Å². The van der Waals surface area contributed by atoms with Crippen LogP contribution in [0.15, 0.2) is 48.5 Å². The Morgan fingerprint density at radius 1 is 1.12 bits per heavy atom. The van der Waals surface area contributed by atoms with E-state index < -0.39 is 6.04 Å². The van der Waals surface area contributed by atoms with Gasteiger partial charge in [-0.15, -0.1) is 0 Å². The third-order valence-electron chi connectivity index (χ3n) is 3.98. The number of nitrogens with one attached hydrogen (secondary N) is 1. The van der Waals surface area contributed by atoms with Crippen LogP contribution in [0.4, 0.5) is 0 Å². The van der Waals surface area contributed by atoms with Gasteiger partial charge >= 0.3 is 5.97 Å². The minimum absolute atomic E-state index is 0.0612. The van der Waals surface area contributed by atoms with Crippen LogP contribution < -0.4 is 10.1 Å². The van der Waals surface area contributed by atoms with Crippen LogP contribution in [-0.2, 0) is 20.7 Å². The molecule has 1 N–H and O–H groups in total. The van der Waals surface area contributed by atoms with Crippen molar-refractivity contribution in [3.05, 3.63) is 64.7 Å². The molecular weight excluding hydrogens is 354 g/mol. The quantitative estimate of drug-likeness (QED) is 0.714. The van der Waals surface area contributed by atoms with Gasteiger partial charge in [-0.3, -0.25) is 9.59 Å². The highest BCUT2D eigenvalue weighted by atomic mass is 35.5. The summed E-state index contributed by atoms with van der Waals surface area (Å²) in [5, 5.41) is 3.55. The van der Waals surface area contributed by atoms with Crippen LogP contribution in [0, 0.1) is 0 Å². The molecule has 0 aliphatic carbocycles. The molecule has 1 unspecified atom stereocenters. The van der Waals surface area contributed by atoms with E-state index in [0.29, 0.717) is 23.6 Å². The first-order valence-electron chi connectivity index (χ1n) is 8.26. The maximum atomic E-state index is 12.4. The molecule has 138 valence electrons. The Labute approximate surface area is 158 Å². The standard InChI is InChI=1S/C20H22ClNO4/c1-25-17-9-7-15(8-10-17)18(13-20(24)26-2)22-19(23)11-6-14-4-3-5-16(21)12-14/h3-5,7-10,12,18H,6,11,13H2,1-2H3,(H,22,23). The van der Waals surface area contributed by atoms with Crippen molar-refractivity contribution in [2.75, 3.05) is 14.2 Å². The van der Waals surface area contributed by atoms with Gasteiger partial charge in [-0.1, -0.05) is 35.9 Å². The second-order valence-electron chi connectivity index (χ2n) is 5.80. The van der Waals surface area contributed by atoms with E-state index in [9.17, 15) is 9.59 Å². The molecule has 1 atom stereocenters. The van der Waals surface area contributed by atoms with Gasteiger partial charge in [0.05, 0.1) is 26.7 Å². The molecule has 0 fully saturated rings. The molecule has 0 bridgehead atoms. The predicted octanol–water partition coefficient (Wildman–Crippen LogP) is 3.70. The summed E-state index contributed by atoms with van der Waals surface area (Å²) < 4.78 is 9.88. The number of halogens is 1. The molecule has 0 saturated carbocycles. The molecule has 0 radical (unpaired) electrons. The van der Waals surface area contributed by atoms with Gasteiger partial charge in [-0.25, -0.2) is 0 Å². The largest absolute Gasteiger partial charge is 0.497 e. The zero-order chi connectivity index (χ0) is 18.9. The summed E-state index contributed by atoms with van der Waals surface area (Å²) in [6.45, 7) is 0. The number of aryl methyl sites for hydroxylation is 1. The predicted molar refractivity (Wildman–Crippen MR) is 100 cm³/mol. The van der Waals surface area contributed by atoms with Crippen molar-refractivity contribution >= 4 is 23.5 Å². The summed E-state index contributed by atoms with van der Waals surface area (Å²) in [4.78, 5) is 24.1. The lowest BCUT2D eigenvalue weighted by Gasteiger charge is -2.18. The van der Waals surface area contributed by atoms with Gasteiger partial charge in [0.15, 0.2) is 0 Å². The first-order chi connectivity index (χ1) is 12.5. The highest BCUT2D eigenvalue weighted by Gasteiger charge is 2.19. The average molecular weight is 376 g/mol. The molecule has 0 spiro atoms. The van der Waals surface area contributed by atoms with E-state index in [4.69, 9.17) is 21.1 Å². The second-order valence-corrected chi connectivity index (χ2v) is 6.24. The average Bonchev–Trinajstić information content (AvgIpc) is 2.66. The van der Waals surface area contributed by atoms with Gasteiger partial charge < -0.3 is 14.8 Å². The van der Waals surface area contributed by atoms with Crippen molar-refractivity contribution in [3.8, 4) is 5.75 Å². The zero-order valence-electron chi connectivity index (χ0n) is 14.8. The topological polar surface area (TPSA) is 64.6 Å². The molecule has 5 nitrogen and oxygen atoms in total. The minimum Gasteiger partial charge on any atom is -0.497 e. The molecule has 6 heteroatoms. The smallest absolute Gasteiger partial charge is 0.307 e. The third kappa shape index (κ3) is 6.08. The molecule has 2 aromatic rings. The first-order valence-corrected chi connectivity index (χ1v) is 8.64. The Hall–Kier alpha value is -2.53. The number of esters is 1. The molecule has 0 aromatic heterocycles. The minimum atomic E-state index is -0.458.